The highest BCUT2D eigenvalue weighted by Gasteiger charge is 2.67. The van der Waals surface area contributed by atoms with Crippen molar-refractivity contribution < 1.29 is 27.5 Å². The molecule has 1 aromatic carbocycles. The highest BCUT2D eigenvalue weighted by Crippen LogP contribution is 2.45. The number of nitrogens with zero attached hydrogens (tertiary/aromatic N) is 2. The number of imidazole rings is 1. The molecule has 3 heterocycles. The lowest BCUT2D eigenvalue weighted by molar-refractivity contribution is -0.217. The van der Waals surface area contributed by atoms with E-state index >= 15 is 0 Å². The summed E-state index contributed by atoms with van der Waals surface area (Å²) < 4.78 is 48.5. The van der Waals surface area contributed by atoms with Crippen molar-refractivity contribution in [3.8, 4) is 0 Å². The zero-order chi connectivity index (χ0) is 20.1. The summed E-state index contributed by atoms with van der Waals surface area (Å²) in [4.78, 5) is 28.5. The predicted octanol–water partition coefficient (Wildman–Crippen LogP) is 2.88. The Balaban J connectivity index is 1.97. The molecule has 1 aromatic heterocycles. The Morgan fingerprint density at radius 1 is 1.43 bits per heavy atom. The number of rotatable bonds is 3. The molecule has 28 heavy (non-hydrogen) atoms. The van der Waals surface area contributed by atoms with E-state index in [2.05, 4.69) is 10.3 Å². The van der Waals surface area contributed by atoms with Crippen LogP contribution in [0.1, 0.15) is 31.7 Å². The molecule has 148 valence electrons. The summed E-state index contributed by atoms with van der Waals surface area (Å²) in [5.74, 6) is -2.56. The van der Waals surface area contributed by atoms with E-state index in [9.17, 15) is 22.8 Å². The van der Waals surface area contributed by atoms with Gasteiger partial charge in [-0.25, -0.2) is 4.98 Å². The lowest BCUT2D eigenvalue weighted by Crippen LogP contribution is -2.63. The normalized spacial score (nSPS) is 21.7. The van der Waals surface area contributed by atoms with E-state index in [4.69, 9.17) is 4.74 Å². The number of carbonyl (C=O) groups excluding carboxylic acids is 2. The maximum atomic E-state index is 14.1. The van der Waals surface area contributed by atoms with E-state index < -0.39 is 23.7 Å². The second-order valence-electron chi connectivity index (χ2n) is 6.63. The smallest absolute Gasteiger partial charge is 0.440 e. The van der Waals surface area contributed by atoms with Crippen LogP contribution in [-0.2, 0) is 20.0 Å². The number of ether oxygens (including phenoxy) is 1. The maximum Gasteiger partial charge on any atom is 0.440 e. The number of aromatic nitrogens is 2. The molecule has 1 unspecified atom stereocenters. The van der Waals surface area contributed by atoms with Gasteiger partial charge in [-0.05, 0) is 24.5 Å². The molecule has 0 spiro atoms. The van der Waals surface area contributed by atoms with Crippen LogP contribution in [0.25, 0.3) is 16.6 Å². The minimum absolute atomic E-state index is 0.0889. The van der Waals surface area contributed by atoms with Gasteiger partial charge in [0.2, 0.25) is 11.9 Å². The first-order valence-electron chi connectivity index (χ1n) is 8.81. The molecular weight excluding hydrogens is 377 g/mol. The molecule has 2 aliphatic heterocycles. The van der Waals surface area contributed by atoms with Crippen molar-refractivity contribution >= 4 is 34.4 Å². The molecule has 0 radical (unpaired) electrons. The van der Waals surface area contributed by atoms with E-state index in [0.717, 1.165) is 16.6 Å². The number of carbonyl (C=O) groups is 2. The first-order valence-corrected chi connectivity index (χ1v) is 8.81. The van der Waals surface area contributed by atoms with E-state index in [0.29, 0.717) is 24.1 Å². The standard InChI is InChI=1S/C18H17F3N4O3/c1-2-13(26)24-17(18(19,20)21)15(27)23-16-22-14-11(10-5-4-8-28-9-10)6-3-7-12(14)25(16)17/h3,6-7,9H,2,4-5,8H2,1H3,(H,24,26)(H,22,23,27). The van der Waals surface area contributed by atoms with E-state index in [1.54, 1.807) is 18.4 Å². The first-order chi connectivity index (χ1) is 13.3. The summed E-state index contributed by atoms with van der Waals surface area (Å²) in [5, 5.41) is 4.04. The topological polar surface area (TPSA) is 85.2 Å². The average molecular weight is 394 g/mol. The molecule has 7 nitrogen and oxygen atoms in total. The quantitative estimate of drug-likeness (QED) is 0.838. The fraction of sp³-hybridized carbons (Fsp3) is 0.389. The lowest BCUT2D eigenvalue weighted by Gasteiger charge is -2.31. The number of amides is 2. The summed E-state index contributed by atoms with van der Waals surface area (Å²) in [7, 11) is 0. The van der Waals surface area contributed by atoms with Crippen LogP contribution in [-0.4, -0.2) is 34.1 Å². The third-order valence-corrected chi connectivity index (χ3v) is 4.91. The molecule has 2 amide bonds. The van der Waals surface area contributed by atoms with Crippen LogP contribution in [0, 0.1) is 0 Å². The molecule has 0 bridgehead atoms. The van der Waals surface area contributed by atoms with E-state index in [-0.39, 0.29) is 17.9 Å². The molecule has 4 rings (SSSR count). The number of halogens is 3. The Hall–Kier alpha value is -3.04. The molecule has 0 saturated heterocycles. The zero-order valence-corrected chi connectivity index (χ0v) is 14.9. The van der Waals surface area contributed by atoms with Gasteiger partial charge in [0, 0.05) is 12.0 Å². The summed E-state index contributed by atoms with van der Waals surface area (Å²) in [6, 6.07) is 4.78. The van der Waals surface area contributed by atoms with E-state index in [1.165, 1.54) is 13.0 Å². The number of hydrogen-bond donors (Lipinski definition) is 2. The molecule has 1 atom stereocenters. The Morgan fingerprint density at radius 2 is 2.21 bits per heavy atom. The first kappa shape index (κ1) is 18.3. The molecule has 0 fully saturated rings. The molecule has 10 heteroatoms. The highest BCUT2D eigenvalue weighted by molar-refractivity contribution is 6.06. The van der Waals surface area contributed by atoms with E-state index in [1.807, 2.05) is 5.32 Å². The van der Waals surface area contributed by atoms with Gasteiger partial charge in [-0.1, -0.05) is 19.1 Å². The van der Waals surface area contributed by atoms with Gasteiger partial charge in [0.05, 0.1) is 23.9 Å². The lowest BCUT2D eigenvalue weighted by atomic mass is 9.99. The minimum Gasteiger partial charge on any atom is -0.501 e. The van der Waals surface area contributed by atoms with Crippen molar-refractivity contribution in [2.24, 2.45) is 0 Å². The van der Waals surface area contributed by atoms with Crippen molar-refractivity contribution in [3.63, 3.8) is 0 Å². The second kappa shape index (κ2) is 6.25. The molecule has 0 saturated carbocycles. The Morgan fingerprint density at radius 3 is 2.86 bits per heavy atom. The van der Waals surface area contributed by atoms with Gasteiger partial charge >= 0.3 is 6.18 Å². The molecule has 2 aliphatic rings. The Bertz CT molecular complexity index is 1010. The van der Waals surface area contributed by atoms with Gasteiger partial charge < -0.3 is 10.1 Å². The number of nitrogens with one attached hydrogen (secondary N) is 2. The molecule has 2 N–H and O–H groups in total. The fourth-order valence-corrected chi connectivity index (χ4v) is 3.57. The Labute approximate surface area is 157 Å². The van der Waals surface area contributed by atoms with Crippen LogP contribution < -0.4 is 10.6 Å². The number of anilines is 1. The zero-order valence-electron chi connectivity index (χ0n) is 14.9. The van der Waals surface area contributed by atoms with Crippen LogP contribution in [0.3, 0.4) is 0 Å². The van der Waals surface area contributed by atoms with Crippen LogP contribution in [0.4, 0.5) is 19.1 Å². The summed E-state index contributed by atoms with van der Waals surface area (Å²) in [5.41, 5.74) is -1.42. The number of alkyl halides is 3. The molecule has 2 aromatic rings. The number of para-hydroxylation sites is 1. The number of allylic oxidation sites excluding steroid dienone is 1. The van der Waals surface area contributed by atoms with Gasteiger partial charge in [0.1, 0.15) is 0 Å². The third-order valence-electron chi connectivity index (χ3n) is 4.91. The van der Waals surface area contributed by atoms with Gasteiger partial charge in [0.25, 0.3) is 11.6 Å². The monoisotopic (exact) mass is 394 g/mol. The number of benzene rings is 1. The van der Waals surface area contributed by atoms with Gasteiger partial charge in [-0.15, -0.1) is 0 Å². The minimum atomic E-state index is -5.08. The predicted molar refractivity (Wildman–Crippen MR) is 94.0 cm³/mol. The number of hydrogen-bond acceptors (Lipinski definition) is 4. The van der Waals surface area contributed by atoms with Crippen molar-refractivity contribution in [2.75, 3.05) is 11.9 Å². The van der Waals surface area contributed by atoms with Gasteiger partial charge in [0.15, 0.2) is 0 Å². The van der Waals surface area contributed by atoms with Crippen LogP contribution >= 0.6 is 0 Å². The van der Waals surface area contributed by atoms with Gasteiger partial charge in [-0.3, -0.25) is 19.5 Å². The Kier molecular flexibility index (Phi) is 4.09. The molecule has 0 aliphatic carbocycles. The van der Waals surface area contributed by atoms with Crippen LogP contribution in [0.15, 0.2) is 24.5 Å². The fourth-order valence-electron chi connectivity index (χ4n) is 3.57. The largest absolute Gasteiger partial charge is 0.501 e. The summed E-state index contributed by atoms with van der Waals surface area (Å²) in [6.45, 7) is 1.99. The van der Waals surface area contributed by atoms with Crippen molar-refractivity contribution in [1.29, 1.82) is 0 Å². The summed E-state index contributed by atoms with van der Waals surface area (Å²) >= 11 is 0. The second-order valence-corrected chi connectivity index (χ2v) is 6.63. The third kappa shape index (κ3) is 2.47. The van der Waals surface area contributed by atoms with Crippen molar-refractivity contribution in [1.82, 2.24) is 14.9 Å². The number of fused-ring (bicyclic) bond motifs is 3. The van der Waals surface area contributed by atoms with Crippen LogP contribution in [0.2, 0.25) is 0 Å². The van der Waals surface area contributed by atoms with Crippen molar-refractivity contribution in [2.45, 2.75) is 38.0 Å². The average Bonchev–Trinajstić information content (AvgIpc) is 3.16. The highest BCUT2D eigenvalue weighted by atomic mass is 19.4. The SMILES string of the molecule is CCC(=O)NC1(C(F)(F)F)C(=O)Nc2nc3c(C4=COCCC4)cccc3n21. The summed E-state index contributed by atoms with van der Waals surface area (Å²) in [6.07, 6.45) is -2.22. The maximum absolute atomic E-state index is 14.1. The van der Waals surface area contributed by atoms with Gasteiger partial charge in [-0.2, -0.15) is 13.2 Å². The van der Waals surface area contributed by atoms with Crippen molar-refractivity contribution in [3.05, 3.63) is 30.0 Å². The molecular formula is C18H17F3N4O3. The van der Waals surface area contributed by atoms with Crippen LogP contribution in [0.5, 0.6) is 0 Å².